The minimum Gasteiger partial charge on any atom is -0.390 e. The molecule has 5 aliphatic carbocycles. The van der Waals surface area contributed by atoms with E-state index in [0.29, 0.717) is 6.42 Å². The third-order valence-electron chi connectivity index (χ3n) is 13.6. The van der Waals surface area contributed by atoms with Gasteiger partial charge in [-0.15, -0.1) is 0 Å². The fourth-order valence-corrected chi connectivity index (χ4v) is 11.1. The van der Waals surface area contributed by atoms with Crippen molar-refractivity contribution < 1.29 is 19.5 Å². The Morgan fingerprint density at radius 2 is 1.73 bits per heavy atom. The lowest BCUT2D eigenvalue weighted by molar-refractivity contribution is -0.185. The molecule has 5 aliphatic rings. The van der Waals surface area contributed by atoms with Gasteiger partial charge in [0.25, 0.3) is 0 Å². The predicted octanol–water partition coefficient (Wildman–Crippen LogP) is 5.79. The molecular weight excluding hydrogens is 514 g/mol. The maximum Gasteiger partial charge on any atom is 0.238 e. The molecule has 41 heavy (non-hydrogen) atoms. The first kappa shape index (κ1) is 28.5. The van der Waals surface area contributed by atoms with Gasteiger partial charge in [-0.2, -0.15) is 5.26 Å². The van der Waals surface area contributed by atoms with E-state index in [9.17, 15) is 24.8 Å². The molecule has 7 heteroatoms. The highest BCUT2D eigenvalue weighted by molar-refractivity contribution is 5.97. The first-order valence-corrected chi connectivity index (χ1v) is 15.4. The summed E-state index contributed by atoms with van der Waals surface area (Å²) in [7, 11) is 0. The van der Waals surface area contributed by atoms with Crippen LogP contribution in [-0.2, 0) is 9.59 Å². The highest BCUT2D eigenvalue weighted by Gasteiger charge is 2.73. The number of carbonyl (C=O) groups excluding carboxylic acids is 3. The fraction of sp³-hybridized carbons (Fsp3) is 0.735. The zero-order chi connectivity index (χ0) is 30.0. The summed E-state index contributed by atoms with van der Waals surface area (Å²) in [6.07, 6.45) is 11.1. The molecule has 7 nitrogen and oxygen atoms in total. The highest BCUT2D eigenvalue weighted by atomic mass is 16.3. The molecule has 0 amide bonds. The number of aliphatic hydroxyl groups excluding tert-OH is 1. The van der Waals surface area contributed by atoms with Crippen LogP contribution in [0.4, 0.5) is 0 Å². The van der Waals surface area contributed by atoms with Crippen molar-refractivity contribution in [3.63, 3.8) is 0 Å². The summed E-state index contributed by atoms with van der Waals surface area (Å²) in [4.78, 5) is 46.4. The normalized spacial score (nSPS) is 46.2. The number of imidazole rings is 1. The van der Waals surface area contributed by atoms with Crippen molar-refractivity contribution in [3.05, 3.63) is 30.4 Å². The van der Waals surface area contributed by atoms with Crippen LogP contribution >= 0.6 is 0 Å². The second-order valence-electron chi connectivity index (χ2n) is 16.1. The van der Waals surface area contributed by atoms with Crippen molar-refractivity contribution in [1.29, 1.82) is 5.26 Å². The molecule has 0 bridgehead atoms. The largest absolute Gasteiger partial charge is 0.390 e. The van der Waals surface area contributed by atoms with Crippen molar-refractivity contribution in [2.24, 2.45) is 56.2 Å². The van der Waals surface area contributed by atoms with Gasteiger partial charge < -0.3 is 5.11 Å². The van der Waals surface area contributed by atoms with Gasteiger partial charge in [-0.3, -0.25) is 19.0 Å². The quantitative estimate of drug-likeness (QED) is 0.466. The SMILES string of the molecule is CC1(C)CCC2(C(=O)n3ccnc3)CCC3(C)C(C(=O)C=C4C5(C)C(O)C(C#N)C(=O)C(C)(C)C5CCC43C)C2C1. The monoisotopic (exact) mass is 559 g/mol. The molecule has 9 unspecified atom stereocenters. The third kappa shape index (κ3) is 3.35. The molecule has 0 radical (unpaired) electrons. The van der Waals surface area contributed by atoms with Crippen molar-refractivity contribution in [2.75, 3.05) is 0 Å². The van der Waals surface area contributed by atoms with Crippen LogP contribution in [0.25, 0.3) is 0 Å². The van der Waals surface area contributed by atoms with E-state index < -0.39 is 39.1 Å². The Kier molecular flexibility index (Phi) is 5.91. The number of Topliss-reactive ketones (excluding diaryl/α,β-unsaturated/α-hetero) is 1. The molecule has 220 valence electrons. The number of fused-ring (bicyclic) bond motifs is 7. The van der Waals surface area contributed by atoms with Crippen LogP contribution in [0.3, 0.4) is 0 Å². The molecule has 6 rings (SSSR count). The van der Waals surface area contributed by atoms with Crippen LogP contribution in [0.2, 0.25) is 0 Å². The van der Waals surface area contributed by atoms with E-state index in [1.165, 1.54) is 0 Å². The van der Waals surface area contributed by atoms with E-state index >= 15 is 0 Å². The Bertz CT molecular complexity index is 1400. The van der Waals surface area contributed by atoms with Crippen LogP contribution in [0.15, 0.2) is 30.4 Å². The number of aromatic nitrogens is 2. The Balaban J connectivity index is 1.52. The molecule has 1 aromatic heterocycles. The molecule has 4 saturated carbocycles. The first-order chi connectivity index (χ1) is 19.0. The molecule has 0 saturated heterocycles. The number of nitrogens with zero attached hydrogens (tertiary/aromatic N) is 3. The van der Waals surface area contributed by atoms with Gasteiger partial charge in [0.1, 0.15) is 12.2 Å². The topological polar surface area (TPSA) is 113 Å². The lowest BCUT2D eigenvalue weighted by atomic mass is 9.33. The van der Waals surface area contributed by atoms with Gasteiger partial charge in [0, 0.05) is 29.1 Å². The van der Waals surface area contributed by atoms with Crippen molar-refractivity contribution in [2.45, 2.75) is 99.5 Å². The zero-order valence-corrected chi connectivity index (χ0v) is 25.7. The maximum absolute atomic E-state index is 14.6. The van der Waals surface area contributed by atoms with E-state index in [1.54, 1.807) is 23.3 Å². The molecule has 1 heterocycles. The Labute approximate surface area is 243 Å². The second kappa shape index (κ2) is 8.49. The van der Waals surface area contributed by atoms with E-state index in [2.05, 4.69) is 38.7 Å². The van der Waals surface area contributed by atoms with Gasteiger partial charge in [0.15, 0.2) is 11.6 Å². The predicted molar refractivity (Wildman–Crippen MR) is 153 cm³/mol. The van der Waals surface area contributed by atoms with E-state index in [-0.39, 0.29) is 40.6 Å². The Morgan fingerprint density at radius 1 is 1.05 bits per heavy atom. The van der Waals surface area contributed by atoms with Crippen LogP contribution in [-0.4, -0.2) is 38.2 Å². The minimum absolute atomic E-state index is 0.0143. The molecule has 0 aromatic carbocycles. The average Bonchev–Trinajstić information content (AvgIpc) is 3.44. The Hall–Kier alpha value is -2.59. The number of hydrogen-bond acceptors (Lipinski definition) is 6. The van der Waals surface area contributed by atoms with Crippen LogP contribution in [0, 0.1) is 67.5 Å². The third-order valence-corrected chi connectivity index (χ3v) is 13.6. The minimum atomic E-state index is -1.17. The van der Waals surface area contributed by atoms with E-state index in [1.807, 2.05) is 26.8 Å². The molecule has 1 aromatic rings. The van der Waals surface area contributed by atoms with Crippen LogP contribution < -0.4 is 0 Å². The maximum atomic E-state index is 14.6. The number of nitriles is 1. The summed E-state index contributed by atoms with van der Waals surface area (Å²) < 4.78 is 1.62. The zero-order valence-electron chi connectivity index (χ0n) is 25.7. The number of hydrogen-bond donors (Lipinski definition) is 1. The van der Waals surface area contributed by atoms with Crippen molar-refractivity contribution >= 4 is 17.5 Å². The van der Waals surface area contributed by atoms with E-state index in [4.69, 9.17) is 0 Å². The molecule has 1 N–H and O–H groups in total. The molecular formula is C34H45N3O4. The Morgan fingerprint density at radius 3 is 2.37 bits per heavy atom. The van der Waals surface area contributed by atoms with Gasteiger partial charge in [-0.1, -0.05) is 54.0 Å². The summed E-state index contributed by atoms with van der Waals surface area (Å²) in [6, 6.07) is 2.12. The summed E-state index contributed by atoms with van der Waals surface area (Å²) >= 11 is 0. The number of allylic oxidation sites excluding steroid dienone is 1. The lowest BCUT2D eigenvalue weighted by Crippen LogP contribution is -2.69. The van der Waals surface area contributed by atoms with Gasteiger partial charge in [-0.05, 0) is 79.1 Å². The molecule has 0 spiro atoms. The molecule has 9 atom stereocenters. The van der Waals surface area contributed by atoms with Gasteiger partial charge >= 0.3 is 0 Å². The summed E-state index contributed by atoms with van der Waals surface area (Å²) in [5, 5.41) is 21.8. The van der Waals surface area contributed by atoms with Crippen molar-refractivity contribution in [3.8, 4) is 6.07 Å². The average molecular weight is 560 g/mol. The second-order valence-corrected chi connectivity index (χ2v) is 16.1. The number of rotatable bonds is 1. The summed E-state index contributed by atoms with van der Waals surface area (Å²) in [5.74, 6) is -1.82. The number of aliphatic hydroxyl groups is 1. The summed E-state index contributed by atoms with van der Waals surface area (Å²) in [5.41, 5.74) is -2.19. The van der Waals surface area contributed by atoms with Crippen molar-refractivity contribution in [1.82, 2.24) is 9.55 Å². The van der Waals surface area contributed by atoms with Crippen LogP contribution in [0.5, 0.6) is 0 Å². The van der Waals surface area contributed by atoms with Gasteiger partial charge in [0.05, 0.1) is 17.6 Å². The van der Waals surface area contributed by atoms with Gasteiger partial charge in [0.2, 0.25) is 5.91 Å². The fourth-order valence-electron chi connectivity index (χ4n) is 11.1. The molecule has 0 aliphatic heterocycles. The lowest BCUT2D eigenvalue weighted by Gasteiger charge is -2.70. The molecule has 4 fully saturated rings. The smallest absolute Gasteiger partial charge is 0.238 e. The van der Waals surface area contributed by atoms with Gasteiger partial charge in [-0.25, -0.2) is 4.98 Å². The standard InChI is InChI=1S/C34H45N3O4/c1-29(2)10-12-34(28(41)37-15-14-36-19-37)13-11-32(6)25(21(34)17-29)22(38)16-24-31(32,5)9-8-23-30(3,4)26(39)20(18-35)27(40)33(23,24)7/h14-16,19-21,23,25,27,40H,8-13,17H2,1-7H3. The highest BCUT2D eigenvalue weighted by Crippen LogP contribution is 2.75. The van der Waals surface area contributed by atoms with Crippen LogP contribution in [0.1, 0.15) is 98.2 Å². The summed E-state index contributed by atoms with van der Waals surface area (Å²) in [6.45, 7) is 14.9. The number of carbonyl (C=O) groups is 3. The van der Waals surface area contributed by atoms with E-state index in [0.717, 1.165) is 44.1 Å². The first-order valence-electron chi connectivity index (χ1n) is 15.4. The number of ketones is 2.